The molecule has 2 fully saturated rings. The van der Waals surface area contributed by atoms with E-state index in [0.717, 1.165) is 25.7 Å². The van der Waals surface area contributed by atoms with Crippen molar-refractivity contribution >= 4 is 24.2 Å². The first-order valence-electron chi connectivity index (χ1n) is 10.2. The van der Waals surface area contributed by atoms with Gasteiger partial charge < -0.3 is 20.3 Å². The van der Waals surface area contributed by atoms with Crippen molar-refractivity contribution in [3.8, 4) is 5.75 Å². The SMILES string of the molecule is Cl.NCC1(CC(=O)N2CCN(C(=O)COc3ccc(F)cc3)CC2)CCCCC1. The van der Waals surface area contributed by atoms with Gasteiger partial charge >= 0.3 is 0 Å². The van der Waals surface area contributed by atoms with Crippen molar-refractivity contribution < 1.29 is 18.7 Å². The van der Waals surface area contributed by atoms with E-state index in [4.69, 9.17) is 10.5 Å². The maximum Gasteiger partial charge on any atom is 0.260 e. The van der Waals surface area contributed by atoms with Crippen LogP contribution < -0.4 is 10.5 Å². The van der Waals surface area contributed by atoms with Gasteiger partial charge in [-0.15, -0.1) is 12.4 Å². The van der Waals surface area contributed by atoms with Crippen LogP contribution in [0.2, 0.25) is 0 Å². The van der Waals surface area contributed by atoms with Crippen molar-refractivity contribution in [3.05, 3.63) is 30.1 Å². The predicted molar refractivity (Wildman–Crippen MR) is 111 cm³/mol. The Labute approximate surface area is 178 Å². The fourth-order valence-electron chi connectivity index (χ4n) is 4.16. The van der Waals surface area contributed by atoms with E-state index in [0.29, 0.717) is 44.9 Å². The number of carbonyl (C=O) groups excluding carboxylic acids is 2. The second-order valence-electron chi connectivity index (χ2n) is 7.95. The minimum absolute atomic E-state index is 0. The van der Waals surface area contributed by atoms with Crippen molar-refractivity contribution in [1.82, 2.24) is 9.80 Å². The lowest BCUT2D eigenvalue weighted by Gasteiger charge is -2.39. The van der Waals surface area contributed by atoms with Crippen LogP contribution in [0.3, 0.4) is 0 Å². The summed E-state index contributed by atoms with van der Waals surface area (Å²) in [6.45, 7) is 2.58. The maximum absolute atomic E-state index is 12.9. The van der Waals surface area contributed by atoms with E-state index in [1.165, 1.54) is 30.7 Å². The molecule has 1 aromatic rings. The summed E-state index contributed by atoms with van der Waals surface area (Å²) in [5.41, 5.74) is 5.97. The zero-order chi connectivity index (χ0) is 20.0. The number of nitrogens with zero attached hydrogens (tertiary/aromatic N) is 2. The van der Waals surface area contributed by atoms with Crippen molar-refractivity contribution in [3.63, 3.8) is 0 Å². The third kappa shape index (κ3) is 6.31. The minimum Gasteiger partial charge on any atom is -0.484 e. The van der Waals surface area contributed by atoms with E-state index in [2.05, 4.69) is 0 Å². The number of halogens is 2. The van der Waals surface area contributed by atoms with Gasteiger partial charge in [0.15, 0.2) is 6.61 Å². The molecular weight excluding hydrogens is 397 g/mol. The first-order valence-corrected chi connectivity index (χ1v) is 10.2. The Morgan fingerprint density at radius 1 is 0.966 bits per heavy atom. The van der Waals surface area contributed by atoms with E-state index in [-0.39, 0.29) is 42.1 Å². The smallest absolute Gasteiger partial charge is 0.260 e. The number of piperazine rings is 1. The lowest BCUT2D eigenvalue weighted by molar-refractivity contribution is -0.142. The molecule has 29 heavy (non-hydrogen) atoms. The van der Waals surface area contributed by atoms with Crippen LogP contribution in [0, 0.1) is 11.2 Å². The second-order valence-corrected chi connectivity index (χ2v) is 7.95. The predicted octanol–water partition coefficient (Wildman–Crippen LogP) is 2.60. The van der Waals surface area contributed by atoms with Gasteiger partial charge in [-0.05, 0) is 49.1 Å². The van der Waals surface area contributed by atoms with Crippen LogP contribution in [-0.4, -0.2) is 60.9 Å². The van der Waals surface area contributed by atoms with Crippen LogP contribution in [0.1, 0.15) is 38.5 Å². The normalized spacial score (nSPS) is 18.7. The van der Waals surface area contributed by atoms with Crippen molar-refractivity contribution in [2.24, 2.45) is 11.1 Å². The third-order valence-electron chi connectivity index (χ3n) is 6.03. The number of hydrogen-bond acceptors (Lipinski definition) is 4. The van der Waals surface area contributed by atoms with Crippen molar-refractivity contribution in [1.29, 1.82) is 0 Å². The van der Waals surface area contributed by atoms with Crippen LogP contribution >= 0.6 is 12.4 Å². The maximum atomic E-state index is 12.9. The lowest BCUT2D eigenvalue weighted by Crippen LogP contribution is -2.52. The highest BCUT2D eigenvalue weighted by Crippen LogP contribution is 2.38. The quantitative estimate of drug-likeness (QED) is 0.757. The van der Waals surface area contributed by atoms with Crippen LogP contribution in [0.5, 0.6) is 5.75 Å². The van der Waals surface area contributed by atoms with Gasteiger partial charge in [-0.25, -0.2) is 4.39 Å². The van der Waals surface area contributed by atoms with Crippen LogP contribution in [0.4, 0.5) is 4.39 Å². The molecular formula is C21H31ClFN3O3. The highest BCUT2D eigenvalue weighted by atomic mass is 35.5. The van der Waals surface area contributed by atoms with Crippen molar-refractivity contribution in [2.75, 3.05) is 39.3 Å². The Hall–Kier alpha value is -1.86. The van der Waals surface area contributed by atoms with E-state index < -0.39 is 0 Å². The molecule has 162 valence electrons. The fraction of sp³-hybridized carbons (Fsp3) is 0.619. The van der Waals surface area contributed by atoms with Crippen LogP contribution in [0.15, 0.2) is 24.3 Å². The van der Waals surface area contributed by atoms with Gasteiger partial charge in [-0.2, -0.15) is 0 Å². The van der Waals surface area contributed by atoms with E-state index in [1.54, 1.807) is 4.90 Å². The molecule has 0 unspecified atom stereocenters. The standard InChI is InChI=1S/C21H30FN3O3.ClH/c22-17-4-6-18(7-5-17)28-15-20(27)25-12-10-24(11-13-25)19(26)14-21(16-23)8-2-1-3-9-21;/h4-7H,1-3,8-16,23H2;1H. The highest BCUT2D eigenvalue weighted by molar-refractivity contribution is 5.85. The van der Waals surface area contributed by atoms with E-state index in [9.17, 15) is 14.0 Å². The minimum atomic E-state index is -0.343. The Kier molecular flexibility index (Phi) is 8.71. The number of amides is 2. The molecule has 0 radical (unpaired) electrons. The molecule has 0 atom stereocenters. The fourth-order valence-corrected chi connectivity index (χ4v) is 4.16. The molecule has 0 bridgehead atoms. The van der Waals surface area contributed by atoms with Crippen LogP contribution in [0.25, 0.3) is 0 Å². The summed E-state index contributed by atoms with van der Waals surface area (Å²) in [6.07, 6.45) is 6.13. The number of hydrogen-bond donors (Lipinski definition) is 1. The molecule has 1 aliphatic heterocycles. The number of nitrogens with two attached hydrogens (primary N) is 1. The topological polar surface area (TPSA) is 75.9 Å². The molecule has 1 heterocycles. The molecule has 6 nitrogen and oxygen atoms in total. The van der Waals surface area contributed by atoms with Gasteiger partial charge in [-0.3, -0.25) is 9.59 Å². The molecule has 0 aromatic heterocycles. The highest BCUT2D eigenvalue weighted by Gasteiger charge is 2.35. The van der Waals surface area contributed by atoms with Gasteiger partial charge in [0.05, 0.1) is 0 Å². The Bertz CT molecular complexity index is 672. The number of rotatable bonds is 6. The molecule has 2 N–H and O–H groups in total. The zero-order valence-corrected chi connectivity index (χ0v) is 17.6. The number of carbonyl (C=O) groups is 2. The van der Waals surface area contributed by atoms with Gasteiger partial charge in [0.1, 0.15) is 11.6 Å². The lowest BCUT2D eigenvalue weighted by atomic mass is 9.71. The first-order chi connectivity index (χ1) is 13.5. The van der Waals surface area contributed by atoms with E-state index in [1.807, 2.05) is 4.90 Å². The van der Waals surface area contributed by atoms with Gasteiger partial charge in [-0.1, -0.05) is 19.3 Å². The molecule has 0 spiro atoms. The average Bonchev–Trinajstić information content (AvgIpc) is 2.74. The van der Waals surface area contributed by atoms with E-state index >= 15 is 0 Å². The first kappa shape index (κ1) is 23.4. The Balaban J connectivity index is 0.00000300. The van der Waals surface area contributed by atoms with Gasteiger partial charge in [0.25, 0.3) is 5.91 Å². The zero-order valence-electron chi connectivity index (χ0n) is 16.8. The second kappa shape index (κ2) is 10.8. The number of benzene rings is 1. The van der Waals surface area contributed by atoms with Crippen molar-refractivity contribution in [2.45, 2.75) is 38.5 Å². The summed E-state index contributed by atoms with van der Waals surface area (Å²) < 4.78 is 18.3. The Morgan fingerprint density at radius 3 is 2.07 bits per heavy atom. The molecule has 2 aliphatic rings. The summed E-state index contributed by atoms with van der Waals surface area (Å²) >= 11 is 0. The largest absolute Gasteiger partial charge is 0.484 e. The molecule has 3 rings (SSSR count). The number of ether oxygens (including phenoxy) is 1. The van der Waals surface area contributed by atoms with Gasteiger partial charge in [0.2, 0.25) is 5.91 Å². The summed E-state index contributed by atoms with van der Waals surface area (Å²) in [5.74, 6) is 0.149. The molecule has 8 heteroatoms. The third-order valence-corrected chi connectivity index (χ3v) is 6.03. The average molecular weight is 428 g/mol. The summed E-state index contributed by atoms with van der Waals surface area (Å²) in [7, 11) is 0. The monoisotopic (exact) mass is 427 g/mol. The Morgan fingerprint density at radius 2 is 1.52 bits per heavy atom. The molecule has 1 aliphatic carbocycles. The van der Waals surface area contributed by atoms with Crippen LogP contribution in [-0.2, 0) is 9.59 Å². The summed E-state index contributed by atoms with van der Waals surface area (Å²) in [4.78, 5) is 28.7. The molecule has 2 amide bonds. The molecule has 1 saturated carbocycles. The molecule has 1 aromatic carbocycles. The van der Waals surface area contributed by atoms with Gasteiger partial charge in [0, 0.05) is 32.6 Å². The summed E-state index contributed by atoms with van der Waals surface area (Å²) in [6, 6.07) is 5.59. The summed E-state index contributed by atoms with van der Waals surface area (Å²) in [5, 5.41) is 0. The molecule has 1 saturated heterocycles.